The van der Waals surface area contributed by atoms with Gasteiger partial charge >= 0.3 is 0 Å². The molecular formula is C13H7ClF2N2. The first-order valence-corrected chi connectivity index (χ1v) is 5.39. The van der Waals surface area contributed by atoms with E-state index in [2.05, 4.69) is 5.32 Å². The molecule has 0 bridgehead atoms. The molecule has 0 aliphatic rings. The predicted octanol–water partition coefficient (Wildman–Crippen LogP) is 4.23. The summed E-state index contributed by atoms with van der Waals surface area (Å²) in [5.74, 6) is -1.08. The Morgan fingerprint density at radius 2 is 1.89 bits per heavy atom. The van der Waals surface area contributed by atoms with Crippen LogP contribution in [-0.2, 0) is 0 Å². The van der Waals surface area contributed by atoms with Crippen molar-refractivity contribution in [3.05, 3.63) is 58.6 Å². The monoisotopic (exact) mass is 264 g/mol. The lowest BCUT2D eigenvalue weighted by Gasteiger charge is -2.08. The zero-order valence-corrected chi connectivity index (χ0v) is 9.80. The van der Waals surface area contributed by atoms with Crippen LogP contribution >= 0.6 is 11.6 Å². The van der Waals surface area contributed by atoms with Crippen molar-refractivity contribution in [2.75, 3.05) is 5.32 Å². The zero-order chi connectivity index (χ0) is 13.1. The molecule has 18 heavy (non-hydrogen) atoms. The van der Waals surface area contributed by atoms with E-state index in [1.54, 1.807) is 0 Å². The molecule has 0 aromatic heterocycles. The molecule has 0 heterocycles. The highest BCUT2D eigenvalue weighted by Gasteiger charge is 2.05. The van der Waals surface area contributed by atoms with Gasteiger partial charge in [0.15, 0.2) is 0 Å². The second-order valence-electron chi connectivity index (χ2n) is 3.59. The predicted molar refractivity (Wildman–Crippen MR) is 65.8 cm³/mol. The Morgan fingerprint density at radius 1 is 1.11 bits per heavy atom. The molecule has 0 aliphatic carbocycles. The van der Waals surface area contributed by atoms with Crippen molar-refractivity contribution in [2.45, 2.75) is 0 Å². The first-order chi connectivity index (χ1) is 8.58. The van der Waals surface area contributed by atoms with E-state index in [9.17, 15) is 8.78 Å². The van der Waals surface area contributed by atoms with Crippen molar-refractivity contribution < 1.29 is 8.78 Å². The van der Waals surface area contributed by atoms with E-state index in [1.165, 1.54) is 30.3 Å². The molecule has 0 unspecified atom stereocenters. The number of rotatable bonds is 2. The van der Waals surface area contributed by atoms with E-state index in [-0.39, 0.29) is 16.9 Å². The molecule has 0 radical (unpaired) electrons. The summed E-state index contributed by atoms with van der Waals surface area (Å²) in [6.07, 6.45) is 0. The number of nitrogens with one attached hydrogen (secondary N) is 1. The van der Waals surface area contributed by atoms with Crippen molar-refractivity contribution in [2.24, 2.45) is 0 Å². The largest absolute Gasteiger partial charge is 0.353 e. The van der Waals surface area contributed by atoms with Gasteiger partial charge in [-0.1, -0.05) is 11.6 Å². The zero-order valence-electron chi connectivity index (χ0n) is 9.05. The molecule has 0 saturated carbocycles. The number of benzene rings is 2. The highest BCUT2D eigenvalue weighted by Crippen LogP contribution is 2.24. The molecule has 2 rings (SSSR count). The third-order valence-corrected chi connectivity index (χ3v) is 2.47. The van der Waals surface area contributed by atoms with Gasteiger partial charge in [-0.15, -0.1) is 0 Å². The molecule has 2 nitrogen and oxygen atoms in total. The normalized spacial score (nSPS) is 9.89. The van der Waals surface area contributed by atoms with Crippen LogP contribution in [0.5, 0.6) is 0 Å². The maximum atomic E-state index is 13.5. The van der Waals surface area contributed by atoms with E-state index in [0.29, 0.717) is 5.02 Å². The van der Waals surface area contributed by atoms with Gasteiger partial charge in [-0.05, 0) is 36.4 Å². The second-order valence-corrected chi connectivity index (χ2v) is 4.03. The second kappa shape index (κ2) is 5.03. The number of halogens is 3. The number of nitrogens with zero attached hydrogens (tertiary/aromatic N) is 1. The number of hydrogen-bond donors (Lipinski definition) is 1. The van der Waals surface area contributed by atoms with E-state index in [0.717, 1.165) is 6.07 Å². The summed E-state index contributed by atoms with van der Waals surface area (Å²) in [6.45, 7) is 0. The van der Waals surface area contributed by atoms with E-state index < -0.39 is 11.6 Å². The highest BCUT2D eigenvalue weighted by atomic mass is 35.5. The summed E-state index contributed by atoms with van der Waals surface area (Å²) < 4.78 is 26.6. The standard InChI is InChI=1S/C13H7ClF2N2/c14-9-1-2-12(16)13(5-9)18-11-4-8(7-17)3-10(15)6-11/h1-6,18H. The first-order valence-electron chi connectivity index (χ1n) is 5.01. The van der Waals surface area contributed by atoms with E-state index in [4.69, 9.17) is 16.9 Å². The van der Waals surface area contributed by atoms with Crippen LogP contribution in [0.3, 0.4) is 0 Å². The third kappa shape index (κ3) is 2.76. The van der Waals surface area contributed by atoms with Crippen molar-refractivity contribution >= 4 is 23.0 Å². The summed E-state index contributed by atoms with van der Waals surface area (Å²) in [4.78, 5) is 0. The quantitative estimate of drug-likeness (QED) is 0.881. The van der Waals surface area contributed by atoms with Crippen LogP contribution in [0.2, 0.25) is 5.02 Å². The maximum Gasteiger partial charge on any atom is 0.146 e. The summed E-state index contributed by atoms with van der Waals surface area (Å²) in [5, 5.41) is 11.7. The number of hydrogen-bond acceptors (Lipinski definition) is 2. The molecule has 0 amide bonds. The van der Waals surface area contributed by atoms with Crippen LogP contribution in [0.15, 0.2) is 36.4 Å². The Balaban J connectivity index is 2.37. The third-order valence-electron chi connectivity index (χ3n) is 2.23. The molecule has 0 aliphatic heterocycles. The SMILES string of the molecule is N#Cc1cc(F)cc(Nc2cc(Cl)ccc2F)c1. The fourth-order valence-corrected chi connectivity index (χ4v) is 1.65. The number of nitriles is 1. The summed E-state index contributed by atoms with van der Waals surface area (Å²) in [7, 11) is 0. The Kier molecular flexibility index (Phi) is 3.45. The van der Waals surface area contributed by atoms with Gasteiger partial charge in [0.05, 0.1) is 17.3 Å². The van der Waals surface area contributed by atoms with Gasteiger partial charge < -0.3 is 5.32 Å². The molecule has 2 aromatic rings. The average molecular weight is 265 g/mol. The van der Waals surface area contributed by atoms with E-state index in [1.807, 2.05) is 6.07 Å². The van der Waals surface area contributed by atoms with Crippen molar-refractivity contribution in [1.29, 1.82) is 5.26 Å². The van der Waals surface area contributed by atoms with Crippen LogP contribution in [0.4, 0.5) is 20.2 Å². The van der Waals surface area contributed by atoms with Crippen molar-refractivity contribution in [3.63, 3.8) is 0 Å². The number of anilines is 2. The smallest absolute Gasteiger partial charge is 0.146 e. The van der Waals surface area contributed by atoms with Gasteiger partial charge in [-0.3, -0.25) is 0 Å². The first kappa shape index (κ1) is 12.3. The van der Waals surface area contributed by atoms with Crippen LogP contribution < -0.4 is 5.32 Å². The van der Waals surface area contributed by atoms with Gasteiger partial charge in [0, 0.05) is 10.7 Å². The Morgan fingerprint density at radius 3 is 2.61 bits per heavy atom. The van der Waals surface area contributed by atoms with Crippen molar-refractivity contribution in [1.82, 2.24) is 0 Å². The molecular weight excluding hydrogens is 258 g/mol. The topological polar surface area (TPSA) is 35.8 Å². The summed E-state index contributed by atoms with van der Waals surface area (Å²) in [6, 6.07) is 9.50. The Hall–Kier alpha value is -2.12. The minimum absolute atomic E-state index is 0.122. The van der Waals surface area contributed by atoms with Gasteiger partial charge in [-0.2, -0.15) is 5.26 Å². The minimum atomic E-state index is -0.570. The Labute approximate surface area is 107 Å². The lowest BCUT2D eigenvalue weighted by atomic mass is 10.2. The molecule has 5 heteroatoms. The summed E-state index contributed by atoms with van der Waals surface area (Å²) >= 11 is 5.74. The molecule has 1 N–H and O–H groups in total. The lowest BCUT2D eigenvalue weighted by molar-refractivity contribution is 0.626. The molecule has 0 atom stereocenters. The van der Waals surface area contributed by atoms with Gasteiger partial charge in [0.25, 0.3) is 0 Å². The highest BCUT2D eigenvalue weighted by molar-refractivity contribution is 6.30. The lowest BCUT2D eigenvalue weighted by Crippen LogP contribution is -1.95. The molecule has 0 spiro atoms. The molecule has 90 valence electrons. The van der Waals surface area contributed by atoms with Crippen LogP contribution in [0.25, 0.3) is 0 Å². The van der Waals surface area contributed by atoms with Crippen LogP contribution in [0, 0.1) is 23.0 Å². The molecule has 0 saturated heterocycles. The van der Waals surface area contributed by atoms with Gasteiger partial charge in [0.1, 0.15) is 11.6 Å². The van der Waals surface area contributed by atoms with Crippen molar-refractivity contribution in [3.8, 4) is 6.07 Å². The minimum Gasteiger partial charge on any atom is -0.353 e. The summed E-state index contributed by atoms with van der Waals surface area (Å²) in [5.41, 5.74) is 0.560. The molecule has 2 aromatic carbocycles. The van der Waals surface area contributed by atoms with Crippen LogP contribution in [-0.4, -0.2) is 0 Å². The fourth-order valence-electron chi connectivity index (χ4n) is 1.48. The Bertz CT molecular complexity index is 635. The van der Waals surface area contributed by atoms with E-state index >= 15 is 0 Å². The van der Waals surface area contributed by atoms with Crippen LogP contribution in [0.1, 0.15) is 5.56 Å². The maximum absolute atomic E-state index is 13.5. The average Bonchev–Trinajstić information content (AvgIpc) is 2.33. The van der Waals surface area contributed by atoms with Gasteiger partial charge in [0.2, 0.25) is 0 Å². The molecule has 0 fully saturated rings. The van der Waals surface area contributed by atoms with Gasteiger partial charge in [-0.25, -0.2) is 8.78 Å². The fraction of sp³-hybridized carbons (Fsp3) is 0.